The van der Waals surface area contributed by atoms with Gasteiger partial charge in [0.2, 0.25) is 0 Å². The Labute approximate surface area is 196 Å². The minimum atomic E-state index is 0.308. The Bertz CT molecular complexity index is 1750. The number of fused-ring (bicyclic) bond motifs is 9. The summed E-state index contributed by atoms with van der Waals surface area (Å²) in [7, 11) is 0. The van der Waals surface area contributed by atoms with E-state index < -0.39 is 0 Å². The molecule has 2 N–H and O–H groups in total. The molecule has 6 nitrogen and oxygen atoms in total. The van der Waals surface area contributed by atoms with Crippen LogP contribution in [0.3, 0.4) is 0 Å². The molecule has 3 aromatic heterocycles. The molecule has 0 fully saturated rings. The van der Waals surface area contributed by atoms with E-state index >= 15 is 0 Å². The number of hydrogen-bond donors (Lipinski definition) is 2. The number of aromatic nitrogens is 6. The van der Waals surface area contributed by atoms with Crippen molar-refractivity contribution in [2.24, 2.45) is 0 Å². The SMILES string of the molecule is Cc1nc2c([nH]1)CCc1cc(-c3ccc4c(c3)c3nccnc3c3[nH]c(C(C)C)nc43)ccc1-2. The van der Waals surface area contributed by atoms with Crippen LogP contribution >= 0.6 is 0 Å². The summed E-state index contributed by atoms with van der Waals surface area (Å²) in [5.74, 6) is 2.26. The molecule has 6 aromatic rings. The summed E-state index contributed by atoms with van der Waals surface area (Å²) in [6.45, 7) is 6.32. The van der Waals surface area contributed by atoms with Gasteiger partial charge in [-0.25, -0.2) is 9.97 Å². The van der Waals surface area contributed by atoms with Crippen LogP contribution in [0, 0.1) is 6.92 Å². The van der Waals surface area contributed by atoms with Crippen LogP contribution in [0.2, 0.25) is 0 Å². The van der Waals surface area contributed by atoms with Gasteiger partial charge in [-0.2, -0.15) is 0 Å². The van der Waals surface area contributed by atoms with Crippen LogP contribution in [-0.4, -0.2) is 29.9 Å². The molecule has 3 heterocycles. The molecular weight excluding hydrogens is 420 g/mol. The van der Waals surface area contributed by atoms with Crippen molar-refractivity contribution in [3.8, 4) is 22.4 Å². The van der Waals surface area contributed by atoms with E-state index in [4.69, 9.17) is 15.0 Å². The maximum absolute atomic E-state index is 4.94. The molecule has 0 amide bonds. The van der Waals surface area contributed by atoms with E-state index in [1.54, 1.807) is 12.4 Å². The summed E-state index contributed by atoms with van der Waals surface area (Å²) in [6, 6.07) is 13.4. The molecule has 0 saturated carbocycles. The Morgan fingerprint density at radius 3 is 2.44 bits per heavy atom. The molecule has 7 rings (SSSR count). The van der Waals surface area contributed by atoms with Crippen molar-refractivity contribution in [1.82, 2.24) is 29.9 Å². The van der Waals surface area contributed by atoms with Gasteiger partial charge in [-0.15, -0.1) is 0 Å². The molecule has 3 aromatic carbocycles. The first kappa shape index (κ1) is 19.4. The fraction of sp³-hybridized carbons (Fsp3) is 0.214. The zero-order chi connectivity index (χ0) is 23.0. The third kappa shape index (κ3) is 2.75. The molecule has 0 bridgehead atoms. The Hall–Kier alpha value is -4.06. The van der Waals surface area contributed by atoms with E-state index in [1.807, 2.05) is 6.92 Å². The zero-order valence-electron chi connectivity index (χ0n) is 19.4. The number of imidazole rings is 2. The second-order valence-corrected chi connectivity index (χ2v) is 9.54. The normalized spacial score (nSPS) is 13.2. The molecule has 0 saturated heterocycles. The van der Waals surface area contributed by atoms with Crippen molar-refractivity contribution in [1.29, 1.82) is 0 Å². The number of hydrogen-bond acceptors (Lipinski definition) is 4. The molecular formula is C28H24N6. The number of aryl methyl sites for hydroxylation is 3. The second-order valence-electron chi connectivity index (χ2n) is 9.54. The highest BCUT2D eigenvalue weighted by atomic mass is 14.9. The van der Waals surface area contributed by atoms with Crippen LogP contribution in [-0.2, 0) is 12.8 Å². The third-order valence-electron chi connectivity index (χ3n) is 6.97. The van der Waals surface area contributed by atoms with E-state index in [1.165, 1.54) is 27.9 Å². The molecule has 34 heavy (non-hydrogen) atoms. The first-order chi connectivity index (χ1) is 16.6. The van der Waals surface area contributed by atoms with Crippen molar-refractivity contribution in [2.45, 2.75) is 39.5 Å². The highest BCUT2D eigenvalue weighted by Gasteiger charge is 2.21. The number of nitrogens with zero attached hydrogens (tertiary/aromatic N) is 4. The smallest absolute Gasteiger partial charge is 0.115 e. The average Bonchev–Trinajstić information content (AvgIpc) is 3.47. The van der Waals surface area contributed by atoms with Gasteiger partial charge in [-0.05, 0) is 42.5 Å². The van der Waals surface area contributed by atoms with Crippen molar-refractivity contribution in [3.63, 3.8) is 0 Å². The lowest BCUT2D eigenvalue weighted by atomic mass is 9.89. The Balaban J connectivity index is 1.44. The summed E-state index contributed by atoms with van der Waals surface area (Å²) in [4.78, 5) is 26.0. The molecule has 166 valence electrons. The van der Waals surface area contributed by atoms with Crippen molar-refractivity contribution >= 4 is 32.8 Å². The topological polar surface area (TPSA) is 83.1 Å². The van der Waals surface area contributed by atoms with Gasteiger partial charge in [0.05, 0.1) is 22.2 Å². The van der Waals surface area contributed by atoms with Gasteiger partial charge in [-0.1, -0.05) is 44.2 Å². The fourth-order valence-corrected chi connectivity index (χ4v) is 5.29. The molecule has 1 aliphatic rings. The van der Waals surface area contributed by atoms with Gasteiger partial charge in [0.1, 0.15) is 17.2 Å². The van der Waals surface area contributed by atoms with Crippen LogP contribution in [0.5, 0.6) is 0 Å². The molecule has 0 unspecified atom stereocenters. The van der Waals surface area contributed by atoms with Crippen molar-refractivity contribution in [2.75, 3.05) is 0 Å². The van der Waals surface area contributed by atoms with E-state index in [-0.39, 0.29) is 0 Å². The molecule has 0 aliphatic heterocycles. The van der Waals surface area contributed by atoms with Crippen molar-refractivity contribution < 1.29 is 0 Å². The van der Waals surface area contributed by atoms with E-state index in [0.29, 0.717) is 5.92 Å². The van der Waals surface area contributed by atoms with Crippen LogP contribution in [0.25, 0.3) is 55.2 Å². The zero-order valence-corrected chi connectivity index (χ0v) is 19.4. The van der Waals surface area contributed by atoms with E-state index in [9.17, 15) is 0 Å². The van der Waals surface area contributed by atoms with Crippen LogP contribution < -0.4 is 0 Å². The second kappa shape index (κ2) is 6.97. The largest absolute Gasteiger partial charge is 0.346 e. The first-order valence-electron chi connectivity index (χ1n) is 11.8. The number of nitrogens with one attached hydrogen (secondary N) is 2. The van der Waals surface area contributed by atoms with Gasteiger partial charge < -0.3 is 9.97 Å². The Morgan fingerprint density at radius 1 is 0.794 bits per heavy atom. The summed E-state index contributed by atoms with van der Waals surface area (Å²) in [6.07, 6.45) is 5.54. The summed E-state index contributed by atoms with van der Waals surface area (Å²) in [5.41, 5.74) is 11.0. The van der Waals surface area contributed by atoms with E-state index in [2.05, 4.69) is 65.2 Å². The lowest BCUT2D eigenvalue weighted by molar-refractivity contribution is 0.799. The standard InChI is InChI=1S/C28H24N6/c1-14(2)28-33-25-20-8-5-17(13-21(20)24-26(27(25)34-28)30-11-10-29-24)16-4-7-19-18(12-16)6-9-22-23(19)32-15(3)31-22/h4-5,7-8,10-14H,6,9H2,1-3H3,(H,31,32)(H,33,34). The Kier molecular flexibility index (Phi) is 3.98. The maximum atomic E-state index is 4.94. The monoisotopic (exact) mass is 444 g/mol. The highest BCUT2D eigenvalue weighted by molar-refractivity contribution is 6.21. The van der Waals surface area contributed by atoms with Crippen LogP contribution in [0.15, 0.2) is 48.8 Å². The van der Waals surface area contributed by atoms with Crippen LogP contribution in [0.4, 0.5) is 0 Å². The van der Waals surface area contributed by atoms with Gasteiger partial charge in [0.25, 0.3) is 0 Å². The molecule has 6 heteroatoms. The predicted molar refractivity (Wildman–Crippen MR) is 136 cm³/mol. The lowest BCUT2D eigenvalue weighted by Crippen LogP contribution is -2.03. The minimum Gasteiger partial charge on any atom is -0.346 e. The molecule has 0 spiro atoms. The number of benzene rings is 3. The maximum Gasteiger partial charge on any atom is 0.115 e. The number of rotatable bonds is 2. The summed E-state index contributed by atoms with van der Waals surface area (Å²) < 4.78 is 0. The predicted octanol–water partition coefficient (Wildman–Crippen LogP) is 6.25. The van der Waals surface area contributed by atoms with Gasteiger partial charge in [0.15, 0.2) is 0 Å². The number of H-pyrrole nitrogens is 2. The number of aromatic amines is 2. The van der Waals surface area contributed by atoms with E-state index in [0.717, 1.165) is 63.0 Å². The quantitative estimate of drug-likeness (QED) is 0.309. The first-order valence-corrected chi connectivity index (χ1v) is 11.8. The summed E-state index contributed by atoms with van der Waals surface area (Å²) in [5, 5.41) is 2.18. The van der Waals surface area contributed by atoms with Gasteiger partial charge in [-0.3, -0.25) is 9.97 Å². The van der Waals surface area contributed by atoms with Gasteiger partial charge in [0, 0.05) is 40.3 Å². The van der Waals surface area contributed by atoms with Gasteiger partial charge >= 0.3 is 0 Å². The fourth-order valence-electron chi connectivity index (χ4n) is 5.29. The Morgan fingerprint density at radius 2 is 1.59 bits per heavy atom. The third-order valence-corrected chi connectivity index (χ3v) is 6.97. The van der Waals surface area contributed by atoms with Crippen LogP contribution in [0.1, 0.15) is 42.7 Å². The minimum absolute atomic E-state index is 0.308. The molecule has 0 radical (unpaired) electrons. The average molecular weight is 445 g/mol. The van der Waals surface area contributed by atoms with Crippen molar-refractivity contribution in [3.05, 3.63) is 71.7 Å². The lowest BCUT2D eigenvalue weighted by Gasteiger charge is -2.17. The molecule has 0 atom stereocenters. The summed E-state index contributed by atoms with van der Waals surface area (Å²) >= 11 is 0. The molecule has 1 aliphatic carbocycles. The highest BCUT2D eigenvalue weighted by Crippen LogP contribution is 2.38.